The van der Waals surface area contributed by atoms with Gasteiger partial charge in [0.15, 0.2) is 0 Å². The van der Waals surface area contributed by atoms with E-state index < -0.39 is 0 Å². The van der Waals surface area contributed by atoms with E-state index in [0.717, 1.165) is 76.0 Å². The van der Waals surface area contributed by atoms with Crippen molar-refractivity contribution < 1.29 is 13.9 Å². The van der Waals surface area contributed by atoms with E-state index >= 15 is 0 Å². The summed E-state index contributed by atoms with van der Waals surface area (Å²) in [5, 5.41) is 0. The van der Waals surface area contributed by atoms with Gasteiger partial charge in [-0.3, -0.25) is 9.69 Å². The molecule has 0 bridgehead atoms. The molecule has 3 heterocycles. The molecule has 2 aromatic carbocycles. The third kappa shape index (κ3) is 6.58. The summed E-state index contributed by atoms with van der Waals surface area (Å²) >= 11 is 0. The topological polar surface area (TPSA) is 50.6 Å². The van der Waals surface area contributed by atoms with Gasteiger partial charge in [-0.25, -0.2) is 9.37 Å². The first-order valence-corrected chi connectivity index (χ1v) is 13.5. The maximum absolute atomic E-state index is 14.6. The standard InChI is InChI=1S/C30H37FN4O2/c31-27-10-3-1-9-26(27)21-33-19-20-37-28-11-4-2-7-25(28)8-5-6-12-30(23-33)13-16-35(17-14-30)29(36)22-34-18-15-32-24-34/h1-4,7,9-11,15,18,24H,5-6,8,12-14,16-17,19-23H2. The summed E-state index contributed by atoms with van der Waals surface area (Å²) in [7, 11) is 0. The number of piperidine rings is 1. The van der Waals surface area contributed by atoms with Crippen molar-refractivity contribution >= 4 is 5.91 Å². The molecule has 7 heteroatoms. The molecule has 1 aromatic heterocycles. The number of aryl methyl sites for hydroxylation is 1. The fraction of sp³-hybridized carbons (Fsp3) is 0.467. The molecule has 1 spiro atoms. The number of amides is 1. The minimum absolute atomic E-state index is 0.107. The Morgan fingerprint density at radius 2 is 1.81 bits per heavy atom. The van der Waals surface area contributed by atoms with Crippen molar-refractivity contribution in [3.63, 3.8) is 0 Å². The second-order valence-electron chi connectivity index (χ2n) is 10.6. The number of para-hydroxylation sites is 1. The van der Waals surface area contributed by atoms with Crippen LogP contribution in [0.3, 0.4) is 0 Å². The number of carbonyl (C=O) groups excluding carboxylic acids is 1. The van der Waals surface area contributed by atoms with E-state index in [1.807, 2.05) is 33.9 Å². The number of aromatic nitrogens is 2. The Morgan fingerprint density at radius 1 is 1.00 bits per heavy atom. The Morgan fingerprint density at radius 3 is 2.62 bits per heavy atom. The van der Waals surface area contributed by atoms with Gasteiger partial charge in [0, 0.05) is 50.7 Å². The van der Waals surface area contributed by atoms with Crippen molar-refractivity contribution in [3.8, 4) is 5.75 Å². The molecule has 5 rings (SSSR count). The Hall–Kier alpha value is -3.19. The fourth-order valence-corrected chi connectivity index (χ4v) is 5.86. The largest absolute Gasteiger partial charge is 0.492 e. The van der Waals surface area contributed by atoms with E-state index in [1.165, 1.54) is 5.56 Å². The molecule has 1 amide bonds. The monoisotopic (exact) mass is 504 g/mol. The van der Waals surface area contributed by atoms with Crippen molar-refractivity contribution in [2.45, 2.75) is 51.6 Å². The molecule has 0 aliphatic carbocycles. The molecular weight excluding hydrogens is 467 g/mol. The van der Waals surface area contributed by atoms with E-state index in [-0.39, 0.29) is 17.1 Å². The number of likely N-dealkylation sites (tertiary alicyclic amines) is 1. The van der Waals surface area contributed by atoms with Crippen LogP contribution in [0.15, 0.2) is 67.3 Å². The van der Waals surface area contributed by atoms with Gasteiger partial charge in [-0.15, -0.1) is 0 Å². The number of hydrogen-bond acceptors (Lipinski definition) is 4. The van der Waals surface area contributed by atoms with Gasteiger partial charge in [0.05, 0.1) is 6.33 Å². The number of rotatable bonds is 4. The van der Waals surface area contributed by atoms with E-state index in [1.54, 1.807) is 24.7 Å². The average Bonchev–Trinajstić information content (AvgIpc) is 3.41. The van der Waals surface area contributed by atoms with Gasteiger partial charge in [0.25, 0.3) is 0 Å². The number of halogens is 1. The Bertz CT molecular complexity index is 1160. The highest BCUT2D eigenvalue weighted by Gasteiger charge is 2.37. The number of carbonyl (C=O) groups is 1. The minimum atomic E-state index is -0.158. The summed E-state index contributed by atoms with van der Waals surface area (Å²) in [6.45, 7) is 4.60. The highest BCUT2D eigenvalue weighted by Crippen LogP contribution is 2.39. The Balaban J connectivity index is 1.31. The molecular formula is C30H37FN4O2. The number of hydrogen-bond donors (Lipinski definition) is 0. The van der Waals surface area contributed by atoms with E-state index in [0.29, 0.717) is 19.7 Å². The zero-order chi connectivity index (χ0) is 25.5. The van der Waals surface area contributed by atoms with Crippen molar-refractivity contribution in [1.82, 2.24) is 19.4 Å². The van der Waals surface area contributed by atoms with Crippen LogP contribution in [0.1, 0.15) is 43.2 Å². The maximum atomic E-state index is 14.6. The molecule has 0 unspecified atom stereocenters. The van der Waals surface area contributed by atoms with Crippen molar-refractivity contribution in [2.75, 3.05) is 32.8 Å². The minimum Gasteiger partial charge on any atom is -0.492 e. The Labute approximate surface area is 219 Å². The van der Waals surface area contributed by atoms with E-state index in [9.17, 15) is 9.18 Å². The summed E-state index contributed by atoms with van der Waals surface area (Å²) in [4.78, 5) is 21.3. The summed E-state index contributed by atoms with van der Waals surface area (Å²) < 4.78 is 22.7. The van der Waals surface area contributed by atoms with Gasteiger partial charge in [-0.05, 0) is 55.2 Å². The second-order valence-corrected chi connectivity index (χ2v) is 10.6. The van der Waals surface area contributed by atoms with Crippen LogP contribution < -0.4 is 4.74 Å². The number of imidazole rings is 1. The lowest BCUT2D eigenvalue weighted by Gasteiger charge is -2.45. The summed E-state index contributed by atoms with van der Waals surface area (Å²) in [5.74, 6) is 0.955. The average molecular weight is 505 g/mol. The predicted octanol–water partition coefficient (Wildman–Crippen LogP) is 4.94. The van der Waals surface area contributed by atoms with Crippen LogP contribution in [0.4, 0.5) is 4.39 Å². The quantitative estimate of drug-likeness (QED) is 0.505. The Kier molecular flexibility index (Phi) is 8.19. The molecule has 37 heavy (non-hydrogen) atoms. The maximum Gasteiger partial charge on any atom is 0.242 e. The summed E-state index contributed by atoms with van der Waals surface area (Å²) in [6.07, 6.45) is 11.5. The van der Waals surface area contributed by atoms with Gasteiger partial charge < -0.3 is 14.2 Å². The molecule has 2 aliphatic heterocycles. The third-order valence-corrected chi connectivity index (χ3v) is 8.01. The molecule has 0 saturated carbocycles. The SMILES string of the molecule is O=C(Cn1ccnc1)N1CCC2(CCCCc3ccccc3OCCN(Cc3ccccc3F)C2)CC1. The van der Waals surface area contributed by atoms with Crippen LogP contribution in [-0.4, -0.2) is 58.0 Å². The van der Waals surface area contributed by atoms with Gasteiger partial charge in [-0.1, -0.05) is 42.8 Å². The highest BCUT2D eigenvalue weighted by atomic mass is 19.1. The fourth-order valence-electron chi connectivity index (χ4n) is 5.86. The van der Waals surface area contributed by atoms with E-state index in [4.69, 9.17) is 4.74 Å². The van der Waals surface area contributed by atoms with Crippen molar-refractivity contribution in [2.24, 2.45) is 5.41 Å². The van der Waals surface area contributed by atoms with Crippen LogP contribution >= 0.6 is 0 Å². The first-order valence-electron chi connectivity index (χ1n) is 13.5. The number of benzene rings is 2. The smallest absolute Gasteiger partial charge is 0.242 e. The number of ether oxygens (including phenoxy) is 1. The zero-order valence-electron chi connectivity index (χ0n) is 21.5. The zero-order valence-corrected chi connectivity index (χ0v) is 21.5. The highest BCUT2D eigenvalue weighted by molar-refractivity contribution is 5.76. The van der Waals surface area contributed by atoms with Crippen molar-refractivity contribution in [1.29, 1.82) is 0 Å². The number of nitrogens with zero attached hydrogens (tertiary/aromatic N) is 4. The molecule has 196 valence electrons. The van der Waals surface area contributed by atoms with Gasteiger partial charge in [0.2, 0.25) is 5.91 Å². The number of fused-ring (bicyclic) bond motifs is 1. The van der Waals surface area contributed by atoms with Gasteiger partial charge in [-0.2, -0.15) is 0 Å². The van der Waals surface area contributed by atoms with E-state index in [2.05, 4.69) is 28.1 Å². The third-order valence-electron chi connectivity index (χ3n) is 8.01. The molecule has 0 N–H and O–H groups in total. The lowest BCUT2D eigenvalue weighted by molar-refractivity contribution is -0.134. The van der Waals surface area contributed by atoms with Crippen LogP contribution in [0.2, 0.25) is 0 Å². The lowest BCUT2D eigenvalue weighted by Crippen LogP contribution is -2.49. The van der Waals surface area contributed by atoms with Crippen LogP contribution in [0.25, 0.3) is 0 Å². The first-order chi connectivity index (χ1) is 18.1. The summed E-state index contributed by atoms with van der Waals surface area (Å²) in [5.41, 5.74) is 2.09. The second kappa shape index (κ2) is 11.9. The van der Waals surface area contributed by atoms with Crippen LogP contribution in [0.5, 0.6) is 5.75 Å². The normalized spacial score (nSPS) is 18.9. The molecule has 1 fully saturated rings. The first kappa shape index (κ1) is 25.5. The molecule has 6 nitrogen and oxygen atoms in total. The van der Waals surface area contributed by atoms with Gasteiger partial charge in [0.1, 0.15) is 24.7 Å². The summed E-state index contributed by atoms with van der Waals surface area (Å²) in [6, 6.07) is 15.4. The lowest BCUT2D eigenvalue weighted by atomic mass is 9.73. The molecule has 0 radical (unpaired) electrons. The molecule has 1 saturated heterocycles. The molecule has 0 atom stereocenters. The van der Waals surface area contributed by atoms with Gasteiger partial charge >= 0.3 is 0 Å². The molecule has 2 aliphatic rings. The predicted molar refractivity (Wildman–Crippen MR) is 142 cm³/mol. The van der Waals surface area contributed by atoms with Crippen LogP contribution in [0, 0.1) is 11.2 Å². The van der Waals surface area contributed by atoms with Crippen molar-refractivity contribution in [3.05, 3.63) is 84.2 Å². The van der Waals surface area contributed by atoms with Crippen LogP contribution in [-0.2, 0) is 24.3 Å². The molecule has 3 aromatic rings.